The Balaban J connectivity index is 1.97. The molecule has 3 rings (SSSR count). The van der Waals surface area contributed by atoms with Crippen LogP contribution in [0.1, 0.15) is 30.5 Å². The van der Waals surface area contributed by atoms with Gasteiger partial charge in [0.25, 0.3) is 5.91 Å². The van der Waals surface area contributed by atoms with Gasteiger partial charge in [0, 0.05) is 17.3 Å². The van der Waals surface area contributed by atoms with Gasteiger partial charge in [-0.25, -0.2) is 9.18 Å². The molecule has 5 nitrogen and oxygen atoms in total. The number of cyclic esters (lactones) is 1. The fraction of sp³-hybridized carbons (Fsp3) is 0.238. The maximum absolute atomic E-state index is 14.7. The number of hydrogen-bond donors (Lipinski definition) is 2. The van der Waals surface area contributed by atoms with Gasteiger partial charge in [0.15, 0.2) is 5.76 Å². The topological polar surface area (TPSA) is 67.4 Å². The molecule has 1 heterocycles. The number of rotatable bonds is 4. The van der Waals surface area contributed by atoms with E-state index in [1.807, 2.05) is 45.9 Å². The molecule has 2 aromatic rings. The van der Waals surface area contributed by atoms with E-state index < -0.39 is 12.0 Å². The Bertz CT molecular complexity index is 964. The summed E-state index contributed by atoms with van der Waals surface area (Å²) in [5.74, 6) is -0.927. The van der Waals surface area contributed by atoms with Gasteiger partial charge in [-0.2, -0.15) is 0 Å². The third-order valence-corrected chi connectivity index (χ3v) is 4.26. The van der Waals surface area contributed by atoms with Crippen LogP contribution in [0.15, 0.2) is 36.1 Å². The number of carbonyl (C=O) groups is 2. The lowest BCUT2D eigenvalue weighted by molar-refractivity contribution is -0.116. The van der Waals surface area contributed by atoms with Gasteiger partial charge in [-0.3, -0.25) is 10.1 Å². The minimum absolute atomic E-state index is 0.0504. The van der Waals surface area contributed by atoms with E-state index in [9.17, 15) is 14.0 Å². The zero-order valence-electron chi connectivity index (χ0n) is 15.6. The molecule has 0 bridgehead atoms. The molecule has 1 saturated heterocycles. The molecule has 2 aromatic carbocycles. The van der Waals surface area contributed by atoms with Gasteiger partial charge in [-0.1, -0.05) is 12.1 Å². The summed E-state index contributed by atoms with van der Waals surface area (Å²) in [6, 6.07) is 9.02. The summed E-state index contributed by atoms with van der Waals surface area (Å²) >= 11 is 0. The summed E-state index contributed by atoms with van der Waals surface area (Å²) < 4.78 is 19.5. The van der Waals surface area contributed by atoms with E-state index in [2.05, 4.69) is 10.6 Å². The highest BCUT2D eigenvalue weighted by molar-refractivity contribution is 6.10. The second-order valence-electron chi connectivity index (χ2n) is 6.87. The number of aryl methyl sites for hydroxylation is 2. The van der Waals surface area contributed by atoms with E-state index in [4.69, 9.17) is 4.74 Å². The van der Waals surface area contributed by atoms with Crippen LogP contribution in [-0.4, -0.2) is 18.0 Å². The predicted molar refractivity (Wildman–Crippen MR) is 103 cm³/mol. The first-order valence-electron chi connectivity index (χ1n) is 8.67. The Kier molecular flexibility index (Phi) is 4.99. The van der Waals surface area contributed by atoms with Crippen molar-refractivity contribution < 1.29 is 18.7 Å². The van der Waals surface area contributed by atoms with Crippen LogP contribution in [0.4, 0.5) is 14.9 Å². The summed E-state index contributed by atoms with van der Waals surface area (Å²) in [5.41, 5.74) is 4.43. The molecule has 0 spiro atoms. The minimum atomic E-state index is -0.783. The molecule has 2 N–H and O–H groups in total. The van der Waals surface area contributed by atoms with Crippen LogP contribution in [0.3, 0.4) is 0 Å². The number of hydrogen-bond acceptors (Lipinski definition) is 4. The van der Waals surface area contributed by atoms with E-state index in [1.54, 1.807) is 6.07 Å². The minimum Gasteiger partial charge on any atom is -0.404 e. The van der Waals surface area contributed by atoms with Crippen molar-refractivity contribution in [2.75, 3.05) is 5.32 Å². The molecule has 0 atom stereocenters. The highest BCUT2D eigenvalue weighted by Crippen LogP contribution is 2.31. The van der Waals surface area contributed by atoms with Gasteiger partial charge in [-0.15, -0.1) is 0 Å². The van der Waals surface area contributed by atoms with E-state index in [0.29, 0.717) is 5.56 Å². The third-order valence-electron chi connectivity index (χ3n) is 4.26. The lowest BCUT2D eigenvalue weighted by atomic mass is 9.94. The van der Waals surface area contributed by atoms with Crippen LogP contribution in [0.25, 0.3) is 17.2 Å². The third kappa shape index (κ3) is 4.00. The van der Waals surface area contributed by atoms with Crippen molar-refractivity contribution >= 4 is 23.8 Å². The zero-order chi connectivity index (χ0) is 19.7. The average molecular weight is 368 g/mol. The predicted octanol–water partition coefficient (Wildman–Crippen LogP) is 4.54. The normalized spacial score (nSPS) is 15.3. The molecule has 2 amide bonds. The second kappa shape index (κ2) is 7.23. The molecule has 0 aromatic heterocycles. The van der Waals surface area contributed by atoms with Gasteiger partial charge >= 0.3 is 6.09 Å². The number of alkyl carbamates (subject to hydrolysis) is 1. The highest BCUT2D eigenvalue weighted by atomic mass is 19.1. The van der Waals surface area contributed by atoms with E-state index in [-0.39, 0.29) is 17.6 Å². The molecule has 140 valence electrons. The van der Waals surface area contributed by atoms with Gasteiger partial charge < -0.3 is 10.1 Å². The first-order chi connectivity index (χ1) is 12.7. The molecule has 0 saturated carbocycles. The summed E-state index contributed by atoms with van der Waals surface area (Å²) in [6.45, 7) is 7.72. The monoisotopic (exact) mass is 368 g/mol. The van der Waals surface area contributed by atoms with Crippen LogP contribution in [0.2, 0.25) is 0 Å². The SMILES string of the molecule is Cc1cc(-c2ccc(NC(C)C)cc2F)c(C)cc1C=C1OC(=O)NC1=O. The lowest BCUT2D eigenvalue weighted by Crippen LogP contribution is -2.18. The fourth-order valence-electron chi connectivity index (χ4n) is 3.00. The molecule has 0 unspecified atom stereocenters. The van der Waals surface area contributed by atoms with Crippen LogP contribution < -0.4 is 10.6 Å². The van der Waals surface area contributed by atoms with E-state index >= 15 is 0 Å². The van der Waals surface area contributed by atoms with Crippen molar-refractivity contribution in [2.45, 2.75) is 33.7 Å². The van der Waals surface area contributed by atoms with E-state index in [1.165, 1.54) is 12.1 Å². The Morgan fingerprint density at radius 3 is 2.41 bits per heavy atom. The maximum Gasteiger partial charge on any atom is 0.419 e. The van der Waals surface area contributed by atoms with Crippen molar-refractivity contribution in [3.05, 3.63) is 58.6 Å². The summed E-state index contributed by atoms with van der Waals surface area (Å²) in [5, 5.41) is 5.24. The second-order valence-corrected chi connectivity index (χ2v) is 6.87. The molecular formula is C21H21FN2O3. The molecule has 1 fully saturated rings. The summed E-state index contributed by atoms with van der Waals surface area (Å²) in [4.78, 5) is 22.8. The van der Waals surface area contributed by atoms with Crippen molar-refractivity contribution in [2.24, 2.45) is 0 Å². The van der Waals surface area contributed by atoms with Crippen LogP contribution in [0, 0.1) is 19.7 Å². The standard InChI is InChI=1S/C21H21FN2O3/c1-11(2)23-15-5-6-16(18(22)10-15)17-8-12(3)14(7-13(17)4)9-19-20(25)24-21(26)27-19/h5-11,23H,1-4H3,(H,24,25,26). The quantitative estimate of drug-likeness (QED) is 0.778. The summed E-state index contributed by atoms with van der Waals surface area (Å²) in [6.07, 6.45) is 0.729. The van der Waals surface area contributed by atoms with Gasteiger partial charge in [-0.05, 0) is 74.2 Å². The molecule has 27 heavy (non-hydrogen) atoms. The Labute approximate surface area is 157 Å². The summed E-state index contributed by atoms with van der Waals surface area (Å²) in [7, 11) is 0. The average Bonchev–Trinajstić information content (AvgIpc) is 2.88. The number of benzene rings is 2. The number of carbonyl (C=O) groups excluding carboxylic acids is 2. The number of amides is 2. The highest BCUT2D eigenvalue weighted by Gasteiger charge is 2.26. The van der Waals surface area contributed by atoms with Crippen LogP contribution in [-0.2, 0) is 9.53 Å². The lowest BCUT2D eigenvalue weighted by Gasteiger charge is -2.14. The first-order valence-corrected chi connectivity index (χ1v) is 8.67. The molecule has 6 heteroatoms. The zero-order valence-corrected chi connectivity index (χ0v) is 15.6. The fourth-order valence-corrected chi connectivity index (χ4v) is 3.00. The molecule has 1 aliphatic heterocycles. The van der Waals surface area contributed by atoms with Gasteiger partial charge in [0.05, 0.1) is 0 Å². The maximum atomic E-state index is 14.7. The number of halogens is 1. The van der Waals surface area contributed by atoms with Crippen molar-refractivity contribution in [1.29, 1.82) is 0 Å². The van der Waals surface area contributed by atoms with Crippen molar-refractivity contribution in [1.82, 2.24) is 5.32 Å². The molecule has 1 aliphatic rings. The number of imide groups is 1. The Hall–Kier alpha value is -3.15. The Morgan fingerprint density at radius 2 is 1.81 bits per heavy atom. The van der Waals surface area contributed by atoms with Crippen LogP contribution >= 0.6 is 0 Å². The number of ether oxygens (including phenoxy) is 1. The molecular weight excluding hydrogens is 347 g/mol. The van der Waals surface area contributed by atoms with Gasteiger partial charge in [0.2, 0.25) is 0 Å². The first kappa shape index (κ1) is 18.6. The van der Waals surface area contributed by atoms with Crippen molar-refractivity contribution in [3.63, 3.8) is 0 Å². The van der Waals surface area contributed by atoms with E-state index in [0.717, 1.165) is 27.9 Å². The van der Waals surface area contributed by atoms with Crippen LogP contribution in [0.5, 0.6) is 0 Å². The number of anilines is 1. The number of nitrogens with one attached hydrogen (secondary N) is 2. The molecule has 0 aliphatic carbocycles. The largest absolute Gasteiger partial charge is 0.419 e. The van der Waals surface area contributed by atoms with Crippen molar-refractivity contribution in [3.8, 4) is 11.1 Å². The molecule has 0 radical (unpaired) electrons. The smallest absolute Gasteiger partial charge is 0.404 e. The Morgan fingerprint density at radius 1 is 1.07 bits per heavy atom. The van der Waals surface area contributed by atoms with Gasteiger partial charge in [0.1, 0.15) is 5.82 Å².